The number of aromatic amines is 1. The number of aromatic nitrogens is 5. The number of rotatable bonds is 3. The van der Waals surface area contributed by atoms with Crippen molar-refractivity contribution in [2.75, 3.05) is 31.1 Å². The molecule has 1 saturated heterocycles. The fourth-order valence-electron chi connectivity index (χ4n) is 3.45. The number of nitrogens with one attached hydrogen (secondary N) is 1. The monoisotopic (exact) mass is 342 g/mol. The summed E-state index contributed by atoms with van der Waals surface area (Å²) in [6.07, 6.45) is 3.34. The maximum absolute atomic E-state index is 12.3. The Labute approximate surface area is 145 Å². The van der Waals surface area contributed by atoms with E-state index < -0.39 is 0 Å². The van der Waals surface area contributed by atoms with Gasteiger partial charge in [-0.1, -0.05) is 0 Å². The highest BCUT2D eigenvalue weighted by Crippen LogP contribution is 2.35. The van der Waals surface area contributed by atoms with Crippen molar-refractivity contribution >= 4 is 11.7 Å². The van der Waals surface area contributed by atoms with Crippen LogP contribution in [0.1, 0.15) is 40.9 Å². The minimum Gasteiger partial charge on any atom is -0.353 e. The van der Waals surface area contributed by atoms with Crippen LogP contribution in [0, 0.1) is 6.92 Å². The van der Waals surface area contributed by atoms with Gasteiger partial charge in [0.2, 0.25) is 5.82 Å². The van der Waals surface area contributed by atoms with Gasteiger partial charge in [-0.25, -0.2) is 15.0 Å². The summed E-state index contributed by atoms with van der Waals surface area (Å²) in [7, 11) is 0. The summed E-state index contributed by atoms with van der Waals surface area (Å²) in [4.78, 5) is 29.4. The Balaban J connectivity index is 1.43. The maximum atomic E-state index is 12.3. The highest BCUT2D eigenvalue weighted by molar-refractivity contribution is 5.90. The van der Waals surface area contributed by atoms with Gasteiger partial charge in [0.1, 0.15) is 18.0 Å². The molecular weight excluding hydrogens is 320 g/mol. The minimum atomic E-state index is -0.111. The zero-order valence-electron chi connectivity index (χ0n) is 14.2. The van der Waals surface area contributed by atoms with Gasteiger partial charge in [0.05, 0.1) is 0 Å². The molecule has 1 aliphatic carbocycles. The molecular formula is C16H22N8O. The number of carbonyl (C=O) groups is 1. The van der Waals surface area contributed by atoms with Crippen LogP contribution in [0.25, 0.3) is 0 Å². The Morgan fingerprint density at radius 3 is 2.64 bits per heavy atom. The fraction of sp³-hybridized carbons (Fsp3) is 0.562. The number of amides is 1. The van der Waals surface area contributed by atoms with Crippen LogP contribution < -0.4 is 10.6 Å². The highest BCUT2D eigenvalue weighted by atomic mass is 16.2. The van der Waals surface area contributed by atoms with Crippen molar-refractivity contribution in [2.24, 2.45) is 5.73 Å². The maximum Gasteiger partial charge on any atom is 0.291 e. The van der Waals surface area contributed by atoms with Gasteiger partial charge in [0, 0.05) is 49.9 Å². The third kappa shape index (κ3) is 3.19. The minimum absolute atomic E-state index is 0.111. The van der Waals surface area contributed by atoms with Crippen molar-refractivity contribution in [3.63, 3.8) is 0 Å². The molecule has 0 radical (unpaired) electrons. The predicted molar refractivity (Wildman–Crippen MR) is 91.2 cm³/mol. The molecule has 3 N–H and O–H groups in total. The average molecular weight is 342 g/mol. The summed E-state index contributed by atoms with van der Waals surface area (Å²) < 4.78 is 0. The highest BCUT2D eigenvalue weighted by Gasteiger charge is 2.30. The molecule has 2 aliphatic rings. The second kappa shape index (κ2) is 6.40. The van der Waals surface area contributed by atoms with E-state index in [-0.39, 0.29) is 11.7 Å². The SMILES string of the molecule is Cc1nc(C2CC(N)C2)cc(N2CCN(C(=O)c3ncn[nH]3)CC2)n1. The number of hydrogen-bond acceptors (Lipinski definition) is 7. The summed E-state index contributed by atoms with van der Waals surface area (Å²) in [6.45, 7) is 4.66. The summed E-state index contributed by atoms with van der Waals surface area (Å²) >= 11 is 0. The van der Waals surface area contributed by atoms with Crippen LogP contribution in [0.15, 0.2) is 12.4 Å². The first-order valence-corrected chi connectivity index (χ1v) is 8.61. The van der Waals surface area contributed by atoms with E-state index in [0.29, 0.717) is 25.0 Å². The summed E-state index contributed by atoms with van der Waals surface area (Å²) in [5.74, 6) is 2.35. The second-order valence-electron chi connectivity index (χ2n) is 6.74. The number of anilines is 1. The Bertz CT molecular complexity index is 748. The number of nitrogens with two attached hydrogens (primary N) is 1. The molecule has 0 atom stereocenters. The lowest BCUT2D eigenvalue weighted by Gasteiger charge is -2.36. The smallest absolute Gasteiger partial charge is 0.291 e. The topological polar surface area (TPSA) is 117 Å². The Morgan fingerprint density at radius 2 is 2.00 bits per heavy atom. The van der Waals surface area contributed by atoms with Crippen LogP contribution in [-0.4, -0.2) is 68.2 Å². The van der Waals surface area contributed by atoms with Gasteiger partial charge in [-0.15, -0.1) is 0 Å². The molecule has 0 aromatic carbocycles. The van der Waals surface area contributed by atoms with Crippen LogP contribution in [0.2, 0.25) is 0 Å². The largest absolute Gasteiger partial charge is 0.353 e. The van der Waals surface area contributed by atoms with Gasteiger partial charge >= 0.3 is 0 Å². The number of piperazine rings is 1. The standard InChI is InChI=1S/C16H22N8O/c1-10-20-13(11-6-12(17)7-11)8-14(21-10)23-2-4-24(5-3-23)16(25)15-18-9-19-22-15/h8-9,11-12H,2-7,17H2,1H3,(H,18,19,22). The lowest BCUT2D eigenvalue weighted by atomic mass is 9.78. The molecule has 132 valence electrons. The Hall–Kier alpha value is -2.55. The molecule has 1 amide bonds. The van der Waals surface area contributed by atoms with E-state index in [1.807, 2.05) is 6.92 Å². The van der Waals surface area contributed by atoms with Crippen LogP contribution >= 0.6 is 0 Å². The van der Waals surface area contributed by atoms with E-state index in [1.165, 1.54) is 6.33 Å². The van der Waals surface area contributed by atoms with Gasteiger partial charge in [-0.2, -0.15) is 5.10 Å². The molecule has 2 aromatic heterocycles. The van der Waals surface area contributed by atoms with Gasteiger partial charge in [0.25, 0.3) is 5.91 Å². The molecule has 0 spiro atoms. The van der Waals surface area contributed by atoms with Gasteiger partial charge in [-0.05, 0) is 19.8 Å². The first kappa shape index (κ1) is 15.9. The van der Waals surface area contributed by atoms with Crippen LogP contribution in [0.3, 0.4) is 0 Å². The molecule has 3 heterocycles. The van der Waals surface area contributed by atoms with Crippen LogP contribution in [0.4, 0.5) is 5.82 Å². The number of carbonyl (C=O) groups excluding carboxylic acids is 1. The molecule has 1 aliphatic heterocycles. The summed E-state index contributed by atoms with van der Waals surface area (Å²) in [5.41, 5.74) is 6.99. The van der Waals surface area contributed by atoms with Gasteiger partial charge in [-0.3, -0.25) is 9.89 Å². The molecule has 0 unspecified atom stereocenters. The van der Waals surface area contributed by atoms with E-state index >= 15 is 0 Å². The van der Waals surface area contributed by atoms with Crippen LogP contribution in [0.5, 0.6) is 0 Å². The van der Waals surface area contributed by atoms with Crippen molar-refractivity contribution in [1.29, 1.82) is 0 Å². The summed E-state index contributed by atoms with van der Waals surface area (Å²) in [6, 6.07) is 2.38. The Kier molecular flexibility index (Phi) is 4.08. The van der Waals surface area contributed by atoms with Crippen molar-refractivity contribution in [1.82, 2.24) is 30.0 Å². The van der Waals surface area contributed by atoms with E-state index in [1.54, 1.807) is 4.90 Å². The number of H-pyrrole nitrogens is 1. The zero-order chi connectivity index (χ0) is 17.4. The van der Waals surface area contributed by atoms with Crippen molar-refractivity contribution < 1.29 is 4.79 Å². The van der Waals surface area contributed by atoms with E-state index in [0.717, 1.165) is 43.3 Å². The van der Waals surface area contributed by atoms with E-state index in [9.17, 15) is 4.79 Å². The first-order valence-electron chi connectivity index (χ1n) is 8.61. The van der Waals surface area contributed by atoms with Gasteiger partial charge in [0.15, 0.2) is 0 Å². The molecule has 0 bridgehead atoms. The van der Waals surface area contributed by atoms with Crippen LogP contribution in [-0.2, 0) is 0 Å². The van der Waals surface area contributed by atoms with E-state index in [2.05, 4.69) is 36.1 Å². The molecule has 1 saturated carbocycles. The van der Waals surface area contributed by atoms with Crippen molar-refractivity contribution in [3.8, 4) is 0 Å². The summed E-state index contributed by atoms with van der Waals surface area (Å²) in [5, 5.41) is 6.36. The molecule has 9 heteroatoms. The quantitative estimate of drug-likeness (QED) is 0.810. The fourth-order valence-corrected chi connectivity index (χ4v) is 3.45. The third-order valence-electron chi connectivity index (χ3n) is 4.95. The normalized spacial score (nSPS) is 23.4. The average Bonchev–Trinajstić information content (AvgIpc) is 3.12. The first-order chi connectivity index (χ1) is 12.1. The third-order valence-corrected chi connectivity index (χ3v) is 4.95. The second-order valence-corrected chi connectivity index (χ2v) is 6.74. The number of aryl methyl sites for hydroxylation is 1. The van der Waals surface area contributed by atoms with Crippen molar-refractivity contribution in [2.45, 2.75) is 31.7 Å². The zero-order valence-corrected chi connectivity index (χ0v) is 14.2. The molecule has 2 aromatic rings. The van der Waals surface area contributed by atoms with Gasteiger partial charge < -0.3 is 15.5 Å². The lowest BCUT2D eigenvalue weighted by molar-refractivity contribution is 0.0734. The lowest BCUT2D eigenvalue weighted by Crippen LogP contribution is -2.49. The number of hydrogen-bond donors (Lipinski definition) is 2. The molecule has 9 nitrogen and oxygen atoms in total. The van der Waals surface area contributed by atoms with E-state index in [4.69, 9.17) is 5.73 Å². The van der Waals surface area contributed by atoms with Crippen molar-refractivity contribution in [3.05, 3.63) is 29.7 Å². The number of nitrogens with zero attached hydrogens (tertiary/aromatic N) is 6. The molecule has 25 heavy (non-hydrogen) atoms. The molecule has 2 fully saturated rings. The Morgan fingerprint density at radius 1 is 1.24 bits per heavy atom. The predicted octanol–water partition coefficient (Wildman–Crippen LogP) is 0.0702. The molecule has 4 rings (SSSR count).